The zero-order chi connectivity index (χ0) is 13.8. The van der Waals surface area contributed by atoms with Crippen LogP contribution < -0.4 is 0 Å². The van der Waals surface area contributed by atoms with Crippen molar-refractivity contribution >= 4 is 5.71 Å². The lowest BCUT2D eigenvalue weighted by Gasteiger charge is -2.08. The first-order chi connectivity index (χ1) is 9.15. The Hall–Kier alpha value is -2.49. The zero-order valence-electron chi connectivity index (χ0n) is 10.5. The lowest BCUT2D eigenvalue weighted by atomic mass is 9.99. The summed E-state index contributed by atoms with van der Waals surface area (Å²) in [6.07, 6.45) is 0.517. The van der Waals surface area contributed by atoms with E-state index >= 15 is 0 Å². The van der Waals surface area contributed by atoms with Crippen LogP contribution in [0.5, 0.6) is 11.5 Å². The van der Waals surface area contributed by atoms with Crippen LogP contribution in [-0.2, 0) is 0 Å². The van der Waals surface area contributed by atoms with Gasteiger partial charge in [0.1, 0.15) is 11.5 Å². The Balaban J connectivity index is 2.49. The summed E-state index contributed by atoms with van der Waals surface area (Å²) in [5.41, 5.74) is 2.73. The van der Waals surface area contributed by atoms with Gasteiger partial charge >= 0.3 is 0 Å². The molecule has 0 radical (unpaired) electrons. The molecule has 2 rings (SSSR count). The van der Waals surface area contributed by atoms with Crippen LogP contribution in [0.1, 0.15) is 18.9 Å². The number of aromatic hydroxyl groups is 2. The fraction of sp³-hybridized carbons (Fsp3) is 0.133. The molecular weight excluding hydrogens is 242 g/mol. The number of benzene rings is 2. The molecule has 2 aromatic carbocycles. The summed E-state index contributed by atoms with van der Waals surface area (Å²) in [5, 5.41) is 31.2. The lowest BCUT2D eigenvalue weighted by Crippen LogP contribution is -1.99. The second kappa shape index (κ2) is 5.44. The van der Waals surface area contributed by atoms with E-state index in [1.54, 1.807) is 42.5 Å². The van der Waals surface area contributed by atoms with Gasteiger partial charge in [-0.05, 0) is 41.8 Å². The van der Waals surface area contributed by atoms with Crippen LogP contribution in [0, 0.1) is 0 Å². The summed E-state index contributed by atoms with van der Waals surface area (Å²) in [6, 6.07) is 11.9. The smallest absolute Gasteiger partial charge is 0.124 e. The quantitative estimate of drug-likeness (QED) is 0.448. The van der Waals surface area contributed by atoms with E-state index in [0.29, 0.717) is 17.7 Å². The van der Waals surface area contributed by atoms with E-state index in [1.807, 2.05) is 6.92 Å². The minimum atomic E-state index is 0.0807. The highest BCUT2D eigenvalue weighted by Crippen LogP contribution is 2.28. The normalized spacial score (nSPS) is 11.5. The highest BCUT2D eigenvalue weighted by Gasteiger charge is 2.10. The number of oxime groups is 1. The molecule has 0 aliphatic heterocycles. The van der Waals surface area contributed by atoms with Crippen LogP contribution in [-0.4, -0.2) is 21.1 Å². The van der Waals surface area contributed by atoms with Crippen LogP contribution in [0.4, 0.5) is 0 Å². The topological polar surface area (TPSA) is 73.1 Å². The predicted molar refractivity (Wildman–Crippen MR) is 73.8 cm³/mol. The van der Waals surface area contributed by atoms with Gasteiger partial charge < -0.3 is 15.4 Å². The average molecular weight is 257 g/mol. The lowest BCUT2D eigenvalue weighted by molar-refractivity contribution is 0.318. The summed E-state index contributed by atoms with van der Waals surface area (Å²) in [7, 11) is 0. The summed E-state index contributed by atoms with van der Waals surface area (Å²) in [6.45, 7) is 1.85. The van der Waals surface area contributed by atoms with Gasteiger partial charge in [-0.3, -0.25) is 0 Å². The Morgan fingerprint density at radius 1 is 1.00 bits per heavy atom. The van der Waals surface area contributed by atoms with E-state index in [0.717, 1.165) is 11.1 Å². The molecule has 0 aromatic heterocycles. The molecule has 0 spiro atoms. The van der Waals surface area contributed by atoms with Gasteiger partial charge in [0, 0.05) is 5.56 Å². The fourth-order valence-electron chi connectivity index (χ4n) is 1.92. The Morgan fingerprint density at radius 3 is 2.21 bits per heavy atom. The van der Waals surface area contributed by atoms with Gasteiger partial charge in [-0.25, -0.2) is 0 Å². The zero-order valence-corrected chi connectivity index (χ0v) is 10.5. The number of nitrogens with zero attached hydrogens (tertiary/aromatic N) is 1. The SMILES string of the molecule is CC/C(=N\O)c1cc(-c2ccc(O)cc2)ccc1O. The third-order valence-corrected chi connectivity index (χ3v) is 2.96. The second-order valence-electron chi connectivity index (χ2n) is 4.18. The van der Waals surface area contributed by atoms with Crippen molar-refractivity contribution < 1.29 is 15.4 Å². The van der Waals surface area contributed by atoms with E-state index < -0.39 is 0 Å². The van der Waals surface area contributed by atoms with E-state index in [9.17, 15) is 10.2 Å². The molecule has 0 aliphatic rings. The van der Waals surface area contributed by atoms with Crippen molar-refractivity contribution in [3.63, 3.8) is 0 Å². The van der Waals surface area contributed by atoms with Crippen LogP contribution in [0.15, 0.2) is 47.6 Å². The van der Waals surface area contributed by atoms with Gasteiger partial charge in [-0.2, -0.15) is 0 Å². The van der Waals surface area contributed by atoms with E-state index in [1.165, 1.54) is 0 Å². The Morgan fingerprint density at radius 2 is 1.63 bits per heavy atom. The highest BCUT2D eigenvalue weighted by molar-refractivity contribution is 6.03. The van der Waals surface area contributed by atoms with Crippen LogP contribution in [0.3, 0.4) is 0 Å². The Labute approximate surface area is 111 Å². The van der Waals surface area contributed by atoms with Crippen LogP contribution in [0.25, 0.3) is 11.1 Å². The maximum atomic E-state index is 9.83. The molecule has 3 N–H and O–H groups in total. The minimum absolute atomic E-state index is 0.0807. The largest absolute Gasteiger partial charge is 0.508 e. The van der Waals surface area contributed by atoms with Crippen molar-refractivity contribution in [1.29, 1.82) is 0 Å². The van der Waals surface area contributed by atoms with Gasteiger partial charge in [-0.1, -0.05) is 30.3 Å². The van der Waals surface area contributed by atoms with Gasteiger partial charge in [0.25, 0.3) is 0 Å². The molecular formula is C15H15NO3. The molecule has 4 heteroatoms. The van der Waals surface area contributed by atoms with E-state index in [-0.39, 0.29) is 11.5 Å². The van der Waals surface area contributed by atoms with Crippen LogP contribution in [0.2, 0.25) is 0 Å². The van der Waals surface area contributed by atoms with Crippen molar-refractivity contribution in [2.75, 3.05) is 0 Å². The van der Waals surface area contributed by atoms with Crippen molar-refractivity contribution in [2.45, 2.75) is 13.3 Å². The van der Waals surface area contributed by atoms with Gasteiger partial charge in [0.05, 0.1) is 5.71 Å². The molecule has 4 nitrogen and oxygen atoms in total. The molecule has 0 fully saturated rings. The molecule has 2 aromatic rings. The molecule has 0 atom stereocenters. The molecule has 0 aliphatic carbocycles. The number of phenols is 2. The molecule has 0 saturated carbocycles. The maximum Gasteiger partial charge on any atom is 0.124 e. The van der Waals surface area contributed by atoms with Gasteiger partial charge in [0.2, 0.25) is 0 Å². The van der Waals surface area contributed by atoms with Crippen molar-refractivity contribution in [1.82, 2.24) is 0 Å². The summed E-state index contributed by atoms with van der Waals surface area (Å²) in [5.74, 6) is 0.283. The molecule has 0 amide bonds. The monoisotopic (exact) mass is 257 g/mol. The number of rotatable bonds is 3. The maximum absolute atomic E-state index is 9.83. The average Bonchev–Trinajstić information content (AvgIpc) is 2.43. The summed E-state index contributed by atoms with van der Waals surface area (Å²) >= 11 is 0. The molecule has 0 bridgehead atoms. The van der Waals surface area contributed by atoms with Gasteiger partial charge in [-0.15, -0.1) is 0 Å². The van der Waals surface area contributed by atoms with Gasteiger partial charge in [0.15, 0.2) is 0 Å². The predicted octanol–water partition coefficient (Wildman–Crippen LogP) is 3.35. The molecule has 19 heavy (non-hydrogen) atoms. The second-order valence-corrected chi connectivity index (χ2v) is 4.18. The van der Waals surface area contributed by atoms with Crippen molar-refractivity contribution in [3.8, 4) is 22.6 Å². The van der Waals surface area contributed by atoms with Crippen molar-refractivity contribution in [2.24, 2.45) is 5.16 Å². The molecule has 98 valence electrons. The first kappa shape index (κ1) is 13.0. The first-order valence-electron chi connectivity index (χ1n) is 5.99. The number of hydrogen-bond acceptors (Lipinski definition) is 4. The molecule has 0 heterocycles. The standard InChI is InChI=1S/C15H15NO3/c1-2-14(16-19)13-9-11(5-8-15(13)18)10-3-6-12(17)7-4-10/h3-9,17-19H,2H2,1H3/b16-14+. The Bertz CT molecular complexity index is 603. The number of phenolic OH excluding ortho intramolecular Hbond substituents is 2. The van der Waals surface area contributed by atoms with E-state index in [4.69, 9.17) is 5.21 Å². The minimum Gasteiger partial charge on any atom is -0.508 e. The van der Waals surface area contributed by atoms with Crippen molar-refractivity contribution in [3.05, 3.63) is 48.0 Å². The van der Waals surface area contributed by atoms with Crippen LogP contribution >= 0.6 is 0 Å². The van der Waals surface area contributed by atoms with E-state index in [2.05, 4.69) is 5.16 Å². The fourth-order valence-corrected chi connectivity index (χ4v) is 1.92. The third-order valence-electron chi connectivity index (χ3n) is 2.96. The molecule has 0 saturated heterocycles. The number of hydrogen-bond donors (Lipinski definition) is 3. The third kappa shape index (κ3) is 2.68. The first-order valence-corrected chi connectivity index (χ1v) is 5.99. The molecule has 0 unspecified atom stereocenters. The summed E-state index contributed by atoms with van der Waals surface area (Å²) < 4.78 is 0. The Kier molecular flexibility index (Phi) is 3.71. The summed E-state index contributed by atoms with van der Waals surface area (Å²) in [4.78, 5) is 0. The highest BCUT2D eigenvalue weighted by atomic mass is 16.4.